The van der Waals surface area contributed by atoms with E-state index in [1.165, 1.54) is 12.1 Å². The molecule has 0 aromatic heterocycles. The molecule has 1 atom stereocenters. The number of rotatable bonds is 8. The quantitative estimate of drug-likeness (QED) is 0.725. The van der Waals surface area contributed by atoms with E-state index in [2.05, 4.69) is 0 Å². The number of aliphatic carboxylic acids is 1. The second-order valence-electron chi connectivity index (χ2n) is 4.20. The first-order valence-electron chi connectivity index (χ1n) is 6.18. The summed E-state index contributed by atoms with van der Waals surface area (Å²) in [5, 5.41) is 9.13. The normalized spacial score (nSPS) is 12.3. The maximum absolute atomic E-state index is 12.7. The van der Waals surface area contributed by atoms with E-state index in [9.17, 15) is 9.18 Å². The van der Waals surface area contributed by atoms with Gasteiger partial charge in [-0.3, -0.25) is 4.79 Å². The molecule has 1 N–H and O–H groups in total. The first kappa shape index (κ1) is 14.6. The number of hydrogen-bond donors (Lipinski definition) is 1. The molecule has 18 heavy (non-hydrogen) atoms. The van der Waals surface area contributed by atoms with E-state index >= 15 is 0 Å². The number of halogens is 1. The maximum Gasteiger partial charge on any atom is 0.306 e. The second-order valence-corrected chi connectivity index (χ2v) is 4.20. The van der Waals surface area contributed by atoms with Crippen LogP contribution < -0.4 is 0 Å². The number of hydrogen-bond acceptors (Lipinski definition) is 2. The van der Waals surface area contributed by atoms with Crippen molar-refractivity contribution >= 4 is 5.97 Å². The van der Waals surface area contributed by atoms with Crippen LogP contribution in [0.1, 0.15) is 25.3 Å². The minimum absolute atomic E-state index is 0.304. The van der Waals surface area contributed by atoms with Gasteiger partial charge in [-0.2, -0.15) is 0 Å². The van der Waals surface area contributed by atoms with E-state index in [1.807, 2.05) is 6.92 Å². The summed E-state index contributed by atoms with van der Waals surface area (Å²) in [6.07, 6.45) is 1.74. The van der Waals surface area contributed by atoms with Gasteiger partial charge in [-0.05, 0) is 43.9 Å². The zero-order valence-electron chi connectivity index (χ0n) is 10.6. The predicted molar refractivity (Wildman–Crippen MR) is 67.0 cm³/mol. The Morgan fingerprint density at radius 1 is 1.39 bits per heavy atom. The van der Waals surface area contributed by atoms with Crippen molar-refractivity contribution in [1.82, 2.24) is 0 Å². The number of ether oxygens (including phenoxy) is 1. The van der Waals surface area contributed by atoms with Crippen LogP contribution in [0.2, 0.25) is 0 Å². The van der Waals surface area contributed by atoms with E-state index in [1.54, 1.807) is 12.1 Å². The van der Waals surface area contributed by atoms with Crippen molar-refractivity contribution in [2.75, 3.05) is 13.2 Å². The molecule has 1 unspecified atom stereocenters. The molecule has 0 fully saturated rings. The zero-order chi connectivity index (χ0) is 13.4. The summed E-state index contributed by atoms with van der Waals surface area (Å²) >= 11 is 0. The third-order valence-corrected chi connectivity index (χ3v) is 2.79. The number of carbonyl (C=O) groups is 1. The Balaban J connectivity index is 2.47. The Labute approximate surface area is 107 Å². The van der Waals surface area contributed by atoms with Crippen LogP contribution in [0.4, 0.5) is 4.39 Å². The van der Waals surface area contributed by atoms with Crippen LogP contribution >= 0.6 is 0 Å². The van der Waals surface area contributed by atoms with Gasteiger partial charge in [0.25, 0.3) is 0 Å². The van der Waals surface area contributed by atoms with Gasteiger partial charge < -0.3 is 9.84 Å². The minimum atomic E-state index is -0.809. The Morgan fingerprint density at radius 2 is 2.06 bits per heavy atom. The summed E-state index contributed by atoms with van der Waals surface area (Å²) in [4.78, 5) is 11.1. The molecule has 1 aromatic rings. The van der Waals surface area contributed by atoms with Crippen LogP contribution in [-0.2, 0) is 16.0 Å². The number of carboxylic acids is 1. The van der Waals surface area contributed by atoms with Gasteiger partial charge in [0.15, 0.2) is 0 Å². The molecule has 0 bridgehead atoms. The Kier molecular flexibility index (Phi) is 6.36. The van der Waals surface area contributed by atoms with Gasteiger partial charge in [-0.25, -0.2) is 4.39 Å². The standard InChI is InChI=1S/C14H19FO3/c1-2-18-9-3-4-12(14(16)17)10-11-5-7-13(15)8-6-11/h5-8,12H,2-4,9-10H2,1H3,(H,16,17). The lowest BCUT2D eigenvalue weighted by molar-refractivity contribution is -0.142. The van der Waals surface area contributed by atoms with Crippen LogP contribution in [0, 0.1) is 11.7 Å². The van der Waals surface area contributed by atoms with Crippen molar-refractivity contribution in [3.05, 3.63) is 35.6 Å². The highest BCUT2D eigenvalue weighted by Crippen LogP contribution is 2.15. The molecule has 0 radical (unpaired) electrons. The van der Waals surface area contributed by atoms with Crippen molar-refractivity contribution in [2.45, 2.75) is 26.2 Å². The van der Waals surface area contributed by atoms with Gasteiger partial charge in [0.05, 0.1) is 5.92 Å². The molecule has 0 heterocycles. The predicted octanol–water partition coefficient (Wildman–Crippen LogP) is 2.89. The molecule has 0 spiro atoms. The van der Waals surface area contributed by atoms with Crippen molar-refractivity contribution in [3.63, 3.8) is 0 Å². The summed E-state index contributed by atoms with van der Waals surface area (Å²) in [5.74, 6) is -1.55. The number of benzene rings is 1. The highest BCUT2D eigenvalue weighted by molar-refractivity contribution is 5.70. The Morgan fingerprint density at radius 3 is 2.61 bits per heavy atom. The number of carboxylic acid groups (broad SMARTS) is 1. The topological polar surface area (TPSA) is 46.5 Å². The lowest BCUT2D eigenvalue weighted by Gasteiger charge is -2.12. The van der Waals surface area contributed by atoms with E-state index in [4.69, 9.17) is 9.84 Å². The molecule has 0 aliphatic heterocycles. The summed E-state index contributed by atoms with van der Waals surface area (Å²) in [5.41, 5.74) is 0.847. The van der Waals surface area contributed by atoms with Gasteiger partial charge in [0, 0.05) is 13.2 Å². The molecule has 0 aliphatic carbocycles. The average Bonchev–Trinajstić information content (AvgIpc) is 2.35. The first-order valence-corrected chi connectivity index (χ1v) is 6.18. The van der Waals surface area contributed by atoms with E-state index in [0.717, 1.165) is 12.0 Å². The van der Waals surface area contributed by atoms with Crippen LogP contribution in [0.5, 0.6) is 0 Å². The summed E-state index contributed by atoms with van der Waals surface area (Å²) in [7, 11) is 0. The highest BCUT2D eigenvalue weighted by Gasteiger charge is 2.17. The fourth-order valence-electron chi connectivity index (χ4n) is 1.79. The van der Waals surface area contributed by atoms with Gasteiger partial charge >= 0.3 is 5.97 Å². The molecule has 4 heteroatoms. The van der Waals surface area contributed by atoms with E-state index < -0.39 is 11.9 Å². The average molecular weight is 254 g/mol. The highest BCUT2D eigenvalue weighted by atomic mass is 19.1. The smallest absolute Gasteiger partial charge is 0.306 e. The third kappa shape index (κ3) is 5.27. The van der Waals surface area contributed by atoms with E-state index in [-0.39, 0.29) is 5.82 Å². The minimum Gasteiger partial charge on any atom is -0.481 e. The fourth-order valence-corrected chi connectivity index (χ4v) is 1.79. The SMILES string of the molecule is CCOCCCC(Cc1ccc(F)cc1)C(=O)O. The lowest BCUT2D eigenvalue weighted by atomic mass is 9.95. The largest absolute Gasteiger partial charge is 0.481 e. The monoisotopic (exact) mass is 254 g/mol. The molecule has 0 saturated heterocycles. The van der Waals surface area contributed by atoms with Crippen LogP contribution in [0.25, 0.3) is 0 Å². The van der Waals surface area contributed by atoms with Gasteiger partial charge in [-0.1, -0.05) is 12.1 Å². The lowest BCUT2D eigenvalue weighted by Crippen LogP contribution is -2.17. The molecule has 0 aliphatic rings. The molecule has 0 saturated carbocycles. The molecular weight excluding hydrogens is 235 g/mol. The van der Waals surface area contributed by atoms with Crippen LogP contribution in [-0.4, -0.2) is 24.3 Å². The van der Waals surface area contributed by atoms with Crippen molar-refractivity contribution < 1.29 is 19.0 Å². The van der Waals surface area contributed by atoms with Gasteiger partial charge in [0.2, 0.25) is 0 Å². The first-order chi connectivity index (χ1) is 8.63. The fraction of sp³-hybridized carbons (Fsp3) is 0.500. The molecule has 1 aromatic carbocycles. The third-order valence-electron chi connectivity index (χ3n) is 2.79. The Hall–Kier alpha value is -1.42. The summed E-state index contributed by atoms with van der Waals surface area (Å²) in [6, 6.07) is 5.98. The van der Waals surface area contributed by atoms with Crippen molar-refractivity contribution in [3.8, 4) is 0 Å². The molecule has 1 rings (SSSR count). The van der Waals surface area contributed by atoms with Gasteiger partial charge in [0.1, 0.15) is 5.82 Å². The summed E-state index contributed by atoms with van der Waals surface area (Å²) in [6.45, 7) is 3.15. The molecule has 0 amide bonds. The molecular formula is C14H19FO3. The molecule has 100 valence electrons. The van der Waals surface area contributed by atoms with Crippen LogP contribution in [0.3, 0.4) is 0 Å². The zero-order valence-corrected chi connectivity index (χ0v) is 10.6. The van der Waals surface area contributed by atoms with Crippen LogP contribution in [0.15, 0.2) is 24.3 Å². The van der Waals surface area contributed by atoms with Crippen molar-refractivity contribution in [1.29, 1.82) is 0 Å². The maximum atomic E-state index is 12.7. The second kappa shape index (κ2) is 7.82. The van der Waals surface area contributed by atoms with Crippen molar-refractivity contribution in [2.24, 2.45) is 5.92 Å². The Bertz CT molecular complexity index is 362. The van der Waals surface area contributed by atoms with E-state index in [0.29, 0.717) is 26.1 Å². The van der Waals surface area contributed by atoms with Gasteiger partial charge in [-0.15, -0.1) is 0 Å². The summed E-state index contributed by atoms with van der Waals surface area (Å²) < 4.78 is 17.9. The molecule has 3 nitrogen and oxygen atoms in total.